The molecule has 1 heterocycles. The number of hydrogen-bond acceptors (Lipinski definition) is 5. The van der Waals surface area contributed by atoms with E-state index in [9.17, 15) is 8.42 Å². The molecule has 1 rings (SSSR count). The van der Waals surface area contributed by atoms with Crippen LogP contribution in [0.3, 0.4) is 0 Å². The number of rotatable bonds is 9. The van der Waals surface area contributed by atoms with Gasteiger partial charge in [-0.15, -0.1) is 11.3 Å². The van der Waals surface area contributed by atoms with Gasteiger partial charge in [0.1, 0.15) is 5.01 Å². The predicted octanol–water partition coefficient (Wildman–Crippen LogP) is 1.04. The molecular formula is C14H27N5O2S2. The monoisotopic (exact) mass is 361 g/mol. The molecule has 0 aliphatic heterocycles. The Morgan fingerprint density at radius 2 is 2.13 bits per heavy atom. The number of aromatic nitrogens is 1. The lowest BCUT2D eigenvalue weighted by molar-refractivity contribution is 0.461. The normalized spacial score (nSPS) is 12.7. The minimum Gasteiger partial charge on any atom is -0.356 e. The van der Waals surface area contributed by atoms with E-state index in [-0.39, 0.29) is 5.75 Å². The third-order valence-corrected chi connectivity index (χ3v) is 6.37. The van der Waals surface area contributed by atoms with Crippen molar-refractivity contribution in [2.24, 2.45) is 4.99 Å². The number of sulfonamides is 1. The fraction of sp³-hybridized carbons (Fsp3) is 0.714. The number of aliphatic imine (C=N–C) groups is 1. The summed E-state index contributed by atoms with van der Waals surface area (Å²) in [7, 11) is 0.223. The average Bonchev–Trinajstić information content (AvgIpc) is 3.01. The molecule has 0 unspecified atom stereocenters. The molecule has 0 aliphatic rings. The van der Waals surface area contributed by atoms with Crippen LogP contribution in [0, 0.1) is 0 Å². The molecule has 2 N–H and O–H groups in total. The first kappa shape index (κ1) is 19.9. The van der Waals surface area contributed by atoms with Gasteiger partial charge in [-0.25, -0.2) is 17.7 Å². The fourth-order valence-corrected chi connectivity index (χ4v) is 3.49. The van der Waals surface area contributed by atoms with Crippen LogP contribution in [0.1, 0.15) is 30.2 Å². The Hall–Kier alpha value is -1.19. The van der Waals surface area contributed by atoms with Crippen molar-refractivity contribution in [1.82, 2.24) is 19.9 Å². The van der Waals surface area contributed by atoms with Crippen molar-refractivity contribution in [3.8, 4) is 0 Å². The van der Waals surface area contributed by atoms with E-state index in [0.29, 0.717) is 32.0 Å². The Morgan fingerprint density at radius 1 is 1.39 bits per heavy atom. The summed E-state index contributed by atoms with van der Waals surface area (Å²) in [6.45, 7) is 5.54. The summed E-state index contributed by atoms with van der Waals surface area (Å²) in [6.07, 6.45) is 3.62. The van der Waals surface area contributed by atoms with Gasteiger partial charge in [0.25, 0.3) is 0 Å². The molecule has 0 saturated carbocycles. The van der Waals surface area contributed by atoms with Crippen molar-refractivity contribution in [2.75, 3.05) is 32.9 Å². The average molecular weight is 362 g/mol. The Kier molecular flexibility index (Phi) is 8.49. The molecule has 0 saturated heterocycles. The number of guanidine groups is 1. The van der Waals surface area contributed by atoms with Crippen molar-refractivity contribution in [2.45, 2.75) is 33.2 Å². The molecule has 0 bridgehead atoms. The lowest BCUT2D eigenvalue weighted by atomic mass is 10.4. The van der Waals surface area contributed by atoms with E-state index in [0.717, 1.165) is 11.4 Å². The zero-order valence-corrected chi connectivity index (χ0v) is 15.9. The summed E-state index contributed by atoms with van der Waals surface area (Å²) in [5.41, 5.74) is 0. The van der Waals surface area contributed by atoms with E-state index in [4.69, 9.17) is 0 Å². The highest BCUT2D eigenvalue weighted by molar-refractivity contribution is 7.89. The highest BCUT2D eigenvalue weighted by Gasteiger charge is 2.13. The quantitative estimate of drug-likeness (QED) is 0.390. The number of nitrogens with one attached hydrogen (secondary N) is 2. The van der Waals surface area contributed by atoms with Crippen molar-refractivity contribution in [3.63, 3.8) is 0 Å². The maximum Gasteiger partial charge on any atom is 0.213 e. The van der Waals surface area contributed by atoms with Gasteiger partial charge < -0.3 is 10.6 Å². The van der Waals surface area contributed by atoms with Crippen molar-refractivity contribution in [3.05, 3.63) is 16.1 Å². The van der Waals surface area contributed by atoms with Crippen molar-refractivity contribution in [1.29, 1.82) is 0 Å². The second-order valence-corrected chi connectivity index (χ2v) is 8.57. The van der Waals surface area contributed by atoms with Crippen LogP contribution in [0.5, 0.6) is 0 Å². The second kappa shape index (κ2) is 9.84. The molecule has 0 aromatic carbocycles. The molecule has 9 heteroatoms. The molecule has 0 radical (unpaired) electrons. The van der Waals surface area contributed by atoms with Gasteiger partial charge in [0.05, 0.1) is 12.3 Å². The highest BCUT2D eigenvalue weighted by atomic mass is 32.2. The van der Waals surface area contributed by atoms with E-state index < -0.39 is 10.0 Å². The van der Waals surface area contributed by atoms with Crippen molar-refractivity contribution >= 4 is 27.3 Å². The minimum atomic E-state index is -3.10. The molecule has 0 fully saturated rings. The Balaban J connectivity index is 2.29. The SMILES string of the molecule is CCc1cnc(CNC(=NC)NCCCN(C)S(=O)(=O)CC)s1. The van der Waals surface area contributed by atoms with Gasteiger partial charge in [-0.2, -0.15) is 0 Å². The Labute approximate surface area is 143 Å². The summed E-state index contributed by atoms with van der Waals surface area (Å²) in [5, 5.41) is 7.41. The molecule has 0 atom stereocenters. The topological polar surface area (TPSA) is 86.7 Å². The first-order chi connectivity index (χ1) is 10.9. The Morgan fingerprint density at radius 3 is 2.70 bits per heavy atom. The standard InChI is InChI=1S/C14H27N5O2S2/c1-5-12-10-17-13(22-12)11-18-14(15-3)16-8-7-9-19(4)23(20,21)6-2/h10H,5-9,11H2,1-4H3,(H2,15,16,18). The molecule has 1 aromatic heterocycles. The summed E-state index contributed by atoms with van der Waals surface area (Å²) in [5.74, 6) is 0.826. The van der Waals surface area contributed by atoms with Gasteiger partial charge in [-0.05, 0) is 19.8 Å². The second-order valence-electron chi connectivity index (χ2n) is 5.00. The lowest BCUT2D eigenvalue weighted by Crippen LogP contribution is -2.38. The molecular weight excluding hydrogens is 334 g/mol. The zero-order valence-electron chi connectivity index (χ0n) is 14.3. The van der Waals surface area contributed by atoms with E-state index in [1.807, 2.05) is 6.20 Å². The molecule has 0 amide bonds. The van der Waals surface area contributed by atoms with E-state index in [1.165, 1.54) is 9.18 Å². The molecule has 0 aliphatic carbocycles. The summed E-state index contributed by atoms with van der Waals surface area (Å²) < 4.78 is 24.7. The Bertz CT molecular complexity index is 598. The fourth-order valence-electron chi connectivity index (χ4n) is 1.84. The maximum atomic E-state index is 11.6. The summed E-state index contributed by atoms with van der Waals surface area (Å²) in [4.78, 5) is 9.77. The van der Waals surface area contributed by atoms with Crippen LogP contribution in [-0.2, 0) is 23.0 Å². The van der Waals surface area contributed by atoms with Crippen LogP contribution >= 0.6 is 11.3 Å². The summed E-state index contributed by atoms with van der Waals surface area (Å²) >= 11 is 1.69. The zero-order chi connectivity index (χ0) is 17.3. The molecule has 1 aromatic rings. The van der Waals surface area contributed by atoms with Crippen LogP contribution < -0.4 is 10.6 Å². The van der Waals surface area contributed by atoms with Gasteiger partial charge in [-0.3, -0.25) is 4.99 Å². The molecule has 132 valence electrons. The molecule has 7 nitrogen and oxygen atoms in total. The maximum absolute atomic E-state index is 11.6. The third kappa shape index (κ3) is 6.84. The molecule has 0 spiro atoms. The van der Waals surface area contributed by atoms with Gasteiger partial charge in [0.15, 0.2) is 5.96 Å². The number of hydrogen-bond donors (Lipinski definition) is 2. The van der Waals surface area contributed by atoms with E-state index >= 15 is 0 Å². The largest absolute Gasteiger partial charge is 0.356 e. The van der Waals surface area contributed by atoms with Gasteiger partial charge in [0, 0.05) is 38.3 Å². The van der Waals surface area contributed by atoms with E-state index in [1.54, 1.807) is 32.4 Å². The third-order valence-electron chi connectivity index (χ3n) is 3.36. The first-order valence-electron chi connectivity index (χ1n) is 7.75. The van der Waals surface area contributed by atoms with Crippen LogP contribution in [0.25, 0.3) is 0 Å². The van der Waals surface area contributed by atoms with Gasteiger partial charge in [-0.1, -0.05) is 6.92 Å². The summed E-state index contributed by atoms with van der Waals surface area (Å²) in [6, 6.07) is 0. The van der Waals surface area contributed by atoms with Gasteiger partial charge in [0.2, 0.25) is 10.0 Å². The van der Waals surface area contributed by atoms with Crippen LogP contribution in [0.4, 0.5) is 0 Å². The first-order valence-corrected chi connectivity index (χ1v) is 10.2. The highest BCUT2D eigenvalue weighted by Crippen LogP contribution is 2.12. The van der Waals surface area contributed by atoms with Crippen LogP contribution in [0.15, 0.2) is 11.2 Å². The molecule has 23 heavy (non-hydrogen) atoms. The van der Waals surface area contributed by atoms with Crippen LogP contribution in [0.2, 0.25) is 0 Å². The van der Waals surface area contributed by atoms with Gasteiger partial charge >= 0.3 is 0 Å². The number of nitrogens with zero attached hydrogens (tertiary/aromatic N) is 3. The predicted molar refractivity (Wildman–Crippen MR) is 96.4 cm³/mol. The number of aryl methyl sites for hydroxylation is 1. The minimum absolute atomic E-state index is 0.133. The van der Waals surface area contributed by atoms with Crippen LogP contribution in [-0.4, -0.2) is 56.6 Å². The van der Waals surface area contributed by atoms with Crippen molar-refractivity contribution < 1.29 is 8.42 Å². The van der Waals surface area contributed by atoms with E-state index in [2.05, 4.69) is 27.5 Å². The smallest absolute Gasteiger partial charge is 0.213 e. The lowest BCUT2D eigenvalue weighted by Gasteiger charge is -2.16. The number of thiazole rings is 1.